The number of nitrogens with one attached hydrogen (secondary N) is 2. The van der Waals surface area contributed by atoms with Crippen molar-refractivity contribution in [1.82, 2.24) is 5.32 Å². The van der Waals surface area contributed by atoms with E-state index in [1.54, 1.807) is 31.2 Å². The van der Waals surface area contributed by atoms with Crippen LogP contribution in [0.3, 0.4) is 0 Å². The van der Waals surface area contributed by atoms with E-state index in [2.05, 4.69) is 10.6 Å². The monoisotopic (exact) mass is 326 g/mol. The van der Waals surface area contributed by atoms with E-state index in [0.29, 0.717) is 17.2 Å². The Morgan fingerprint density at radius 2 is 1.71 bits per heavy atom. The van der Waals surface area contributed by atoms with Gasteiger partial charge in [-0.15, -0.1) is 0 Å². The molecule has 6 heteroatoms. The Kier molecular flexibility index (Phi) is 4.37. The first-order valence-electron chi connectivity index (χ1n) is 7.61. The van der Waals surface area contributed by atoms with E-state index in [-0.39, 0.29) is 12.8 Å². The summed E-state index contributed by atoms with van der Waals surface area (Å²) in [6.07, 6.45) is 0. The molecule has 2 aromatic carbocycles. The molecule has 0 aromatic heterocycles. The van der Waals surface area contributed by atoms with Gasteiger partial charge in [0.25, 0.3) is 0 Å². The molecule has 0 aliphatic carbocycles. The topological polar surface area (TPSA) is 76.7 Å². The number of ether oxygens (including phenoxy) is 2. The highest BCUT2D eigenvalue weighted by Crippen LogP contribution is 2.34. The summed E-state index contributed by atoms with van der Waals surface area (Å²) in [5, 5.41) is 5.24. The minimum Gasteiger partial charge on any atom is -0.454 e. The second-order valence-corrected chi connectivity index (χ2v) is 5.63. The van der Waals surface area contributed by atoms with Gasteiger partial charge in [0.1, 0.15) is 0 Å². The molecule has 0 radical (unpaired) electrons. The second kappa shape index (κ2) is 6.62. The molecule has 2 amide bonds. The summed E-state index contributed by atoms with van der Waals surface area (Å²) in [6, 6.07) is 12.3. The minimum absolute atomic E-state index is 0.193. The van der Waals surface area contributed by atoms with Crippen LogP contribution in [0, 0.1) is 6.92 Å². The van der Waals surface area contributed by atoms with Crippen molar-refractivity contribution in [3.05, 3.63) is 53.6 Å². The van der Waals surface area contributed by atoms with Gasteiger partial charge < -0.3 is 20.1 Å². The van der Waals surface area contributed by atoms with Crippen LogP contribution in [0.2, 0.25) is 0 Å². The van der Waals surface area contributed by atoms with Crippen molar-refractivity contribution in [2.45, 2.75) is 19.9 Å². The van der Waals surface area contributed by atoms with Crippen LogP contribution in [0.1, 0.15) is 24.1 Å². The van der Waals surface area contributed by atoms with Gasteiger partial charge in [-0.1, -0.05) is 23.8 Å². The zero-order valence-electron chi connectivity index (χ0n) is 13.5. The molecule has 0 bridgehead atoms. The van der Waals surface area contributed by atoms with Crippen LogP contribution in [0.5, 0.6) is 11.5 Å². The van der Waals surface area contributed by atoms with Crippen molar-refractivity contribution in [3.8, 4) is 11.5 Å². The van der Waals surface area contributed by atoms with Gasteiger partial charge in [-0.2, -0.15) is 0 Å². The zero-order chi connectivity index (χ0) is 17.1. The fraction of sp³-hybridized carbons (Fsp3) is 0.222. The number of carbonyl (C=O) groups excluding carboxylic acids is 2. The van der Waals surface area contributed by atoms with Gasteiger partial charge in [0.2, 0.25) is 6.79 Å². The van der Waals surface area contributed by atoms with Crippen LogP contribution < -0.4 is 20.1 Å². The maximum atomic E-state index is 12.1. The minimum atomic E-state index is -0.702. The van der Waals surface area contributed by atoms with Crippen molar-refractivity contribution in [2.24, 2.45) is 0 Å². The first-order chi connectivity index (χ1) is 11.5. The summed E-state index contributed by atoms with van der Waals surface area (Å²) in [7, 11) is 0. The summed E-state index contributed by atoms with van der Waals surface area (Å²) in [4.78, 5) is 24.0. The van der Waals surface area contributed by atoms with Crippen molar-refractivity contribution < 1.29 is 19.1 Å². The van der Waals surface area contributed by atoms with Crippen LogP contribution >= 0.6 is 0 Å². The third kappa shape index (κ3) is 3.48. The number of rotatable bonds is 3. The highest BCUT2D eigenvalue weighted by molar-refractivity contribution is 6.39. The normalized spacial score (nSPS) is 13.2. The molecule has 1 aliphatic heterocycles. The maximum Gasteiger partial charge on any atom is 0.313 e. The average molecular weight is 326 g/mol. The number of carbonyl (C=O) groups is 2. The highest BCUT2D eigenvalue weighted by Gasteiger charge is 2.20. The summed E-state index contributed by atoms with van der Waals surface area (Å²) in [5.74, 6) is -0.0840. The van der Waals surface area contributed by atoms with Crippen molar-refractivity contribution in [2.75, 3.05) is 12.1 Å². The molecule has 0 fully saturated rings. The number of hydrogen-bond donors (Lipinski definition) is 2. The smallest absolute Gasteiger partial charge is 0.313 e. The third-order valence-electron chi connectivity index (χ3n) is 3.76. The lowest BCUT2D eigenvalue weighted by atomic mass is 10.1. The van der Waals surface area contributed by atoms with E-state index in [1.807, 2.05) is 25.1 Å². The third-order valence-corrected chi connectivity index (χ3v) is 3.76. The predicted molar refractivity (Wildman–Crippen MR) is 88.9 cm³/mol. The Morgan fingerprint density at radius 3 is 2.46 bits per heavy atom. The van der Waals surface area contributed by atoms with Gasteiger partial charge in [0, 0.05) is 5.69 Å². The van der Waals surface area contributed by atoms with Crippen molar-refractivity contribution in [1.29, 1.82) is 0 Å². The van der Waals surface area contributed by atoms with E-state index in [0.717, 1.165) is 11.1 Å². The van der Waals surface area contributed by atoms with Gasteiger partial charge in [-0.05, 0) is 43.7 Å². The molecule has 124 valence electrons. The Morgan fingerprint density at radius 1 is 1.00 bits per heavy atom. The molecule has 0 saturated heterocycles. The lowest BCUT2D eigenvalue weighted by molar-refractivity contribution is -0.136. The molecular formula is C18H18N2O4. The van der Waals surface area contributed by atoms with Crippen LogP contribution in [0.4, 0.5) is 5.69 Å². The predicted octanol–water partition coefficient (Wildman–Crippen LogP) is 2.54. The first kappa shape index (κ1) is 15.9. The van der Waals surface area contributed by atoms with E-state index in [4.69, 9.17) is 9.47 Å². The van der Waals surface area contributed by atoms with E-state index in [9.17, 15) is 9.59 Å². The molecule has 1 atom stereocenters. The van der Waals surface area contributed by atoms with Gasteiger partial charge in [0.05, 0.1) is 6.04 Å². The average Bonchev–Trinajstić information content (AvgIpc) is 3.04. The summed E-state index contributed by atoms with van der Waals surface area (Å²) < 4.78 is 10.6. The van der Waals surface area contributed by atoms with E-state index < -0.39 is 11.8 Å². The van der Waals surface area contributed by atoms with Crippen LogP contribution in [0.25, 0.3) is 0 Å². The number of benzene rings is 2. The van der Waals surface area contributed by atoms with Gasteiger partial charge >= 0.3 is 11.8 Å². The number of amides is 2. The molecule has 1 unspecified atom stereocenters. The van der Waals surface area contributed by atoms with Gasteiger partial charge in [-0.25, -0.2) is 0 Å². The Labute approximate surface area is 139 Å². The molecule has 24 heavy (non-hydrogen) atoms. The molecule has 1 aliphatic rings. The standard InChI is InChI=1S/C18H18N2O4/c1-11-3-6-14(7-4-11)20-18(22)17(21)19-12(2)13-5-8-15-16(9-13)24-10-23-15/h3-9,12H,10H2,1-2H3,(H,19,21)(H,20,22). The number of aryl methyl sites for hydroxylation is 1. The molecule has 1 heterocycles. The van der Waals surface area contributed by atoms with Crippen LogP contribution in [-0.2, 0) is 9.59 Å². The summed E-state index contributed by atoms with van der Waals surface area (Å²) in [5.41, 5.74) is 2.49. The van der Waals surface area contributed by atoms with E-state index >= 15 is 0 Å². The fourth-order valence-corrected chi connectivity index (χ4v) is 2.35. The fourth-order valence-electron chi connectivity index (χ4n) is 2.35. The van der Waals surface area contributed by atoms with Crippen LogP contribution in [-0.4, -0.2) is 18.6 Å². The summed E-state index contributed by atoms with van der Waals surface area (Å²) >= 11 is 0. The maximum absolute atomic E-state index is 12.1. The van der Waals surface area contributed by atoms with Gasteiger partial charge in [0.15, 0.2) is 11.5 Å². The molecule has 0 saturated carbocycles. The SMILES string of the molecule is Cc1ccc(NC(=O)C(=O)NC(C)c2ccc3c(c2)OCO3)cc1. The molecule has 3 rings (SSSR count). The Bertz CT molecular complexity index is 771. The zero-order valence-corrected chi connectivity index (χ0v) is 13.5. The van der Waals surface area contributed by atoms with E-state index in [1.165, 1.54) is 0 Å². The molecule has 2 aromatic rings. The Balaban J connectivity index is 1.61. The van der Waals surface area contributed by atoms with Gasteiger partial charge in [-0.3, -0.25) is 9.59 Å². The highest BCUT2D eigenvalue weighted by atomic mass is 16.7. The number of hydrogen-bond acceptors (Lipinski definition) is 4. The molecular weight excluding hydrogens is 308 g/mol. The largest absolute Gasteiger partial charge is 0.454 e. The first-order valence-corrected chi connectivity index (χ1v) is 7.61. The number of anilines is 1. The Hall–Kier alpha value is -3.02. The van der Waals surface area contributed by atoms with Crippen molar-refractivity contribution in [3.63, 3.8) is 0 Å². The lowest BCUT2D eigenvalue weighted by Gasteiger charge is -2.14. The quantitative estimate of drug-likeness (QED) is 0.850. The molecule has 2 N–H and O–H groups in total. The number of fused-ring (bicyclic) bond motifs is 1. The molecule has 0 spiro atoms. The second-order valence-electron chi connectivity index (χ2n) is 5.63. The lowest BCUT2D eigenvalue weighted by Crippen LogP contribution is -2.36. The van der Waals surface area contributed by atoms with Crippen molar-refractivity contribution >= 4 is 17.5 Å². The van der Waals surface area contributed by atoms with Crippen LogP contribution in [0.15, 0.2) is 42.5 Å². The summed E-state index contributed by atoms with van der Waals surface area (Å²) in [6.45, 7) is 3.94. The molecule has 6 nitrogen and oxygen atoms in total.